The Labute approximate surface area is 152 Å². The summed E-state index contributed by atoms with van der Waals surface area (Å²) in [5.74, 6) is -0.428. The summed E-state index contributed by atoms with van der Waals surface area (Å²) < 4.78 is 40.1. The molecule has 0 aliphatic heterocycles. The molecule has 0 unspecified atom stereocenters. The van der Waals surface area contributed by atoms with Crippen LogP contribution >= 0.6 is 0 Å². The van der Waals surface area contributed by atoms with Gasteiger partial charge in [0.2, 0.25) is 5.88 Å². The van der Waals surface area contributed by atoms with Gasteiger partial charge in [-0.1, -0.05) is 24.3 Å². The van der Waals surface area contributed by atoms with Crippen LogP contribution in [0.4, 0.5) is 13.2 Å². The van der Waals surface area contributed by atoms with Crippen molar-refractivity contribution in [2.45, 2.75) is 25.1 Å². The molecule has 1 aliphatic rings. The zero-order valence-corrected chi connectivity index (χ0v) is 14.1. The molecular formula is C20H15F3N2O2. The SMILES string of the molecule is O=c1c2ccccc2c(C=NC2CC2)c(O)n1-c1cccc(C(F)(F)F)c1. The second-order valence-corrected chi connectivity index (χ2v) is 6.48. The van der Waals surface area contributed by atoms with Crippen molar-refractivity contribution in [3.63, 3.8) is 0 Å². The number of pyridine rings is 1. The highest BCUT2D eigenvalue weighted by molar-refractivity contribution is 6.01. The van der Waals surface area contributed by atoms with Crippen LogP contribution in [0.3, 0.4) is 0 Å². The normalized spacial score (nSPS) is 14.9. The summed E-state index contributed by atoms with van der Waals surface area (Å²) in [5, 5.41) is 11.5. The van der Waals surface area contributed by atoms with E-state index < -0.39 is 23.2 Å². The van der Waals surface area contributed by atoms with Crippen molar-refractivity contribution in [3.05, 3.63) is 70.0 Å². The third kappa shape index (κ3) is 3.20. The summed E-state index contributed by atoms with van der Waals surface area (Å²) in [6, 6.07) is 11.2. The molecule has 0 radical (unpaired) electrons. The minimum Gasteiger partial charge on any atom is -0.494 e. The molecule has 1 aliphatic carbocycles. The molecule has 2 aromatic carbocycles. The van der Waals surface area contributed by atoms with E-state index in [-0.39, 0.29) is 11.7 Å². The summed E-state index contributed by atoms with van der Waals surface area (Å²) in [6.45, 7) is 0. The summed E-state index contributed by atoms with van der Waals surface area (Å²) in [5.41, 5.74) is -1.23. The first-order valence-electron chi connectivity index (χ1n) is 8.44. The number of aliphatic imine (C=N–C) groups is 1. The number of hydrogen-bond acceptors (Lipinski definition) is 3. The van der Waals surface area contributed by atoms with Gasteiger partial charge in [0.1, 0.15) is 0 Å². The first-order chi connectivity index (χ1) is 12.9. The van der Waals surface area contributed by atoms with Gasteiger partial charge in [0.05, 0.1) is 22.9 Å². The van der Waals surface area contributed by atoms with Gasteiger partial charge < -0.3 is 5.11 Å². The Morgan fingerprint density at radius 2 is 1.78 bits per heavy atom. The standard InChI is InChI=1S/C20H15F3N2O2/c21-20(22,23)12-4-3-5-14(10-12)25-18(26)16-7-2-1-6-15(16)17(19(25)27)11-24-13-8-9-13/h1-7,10-11,13,27H,8-9H2. The fraction of sp³-hybridized carbons (Fsp3) is 0.200. The zero-order chi connectivity index (χ0) is 19.2. The molecule has 4 rings (SSSR count). The largest absolute Gasteiger partial charge is 0.494 e. The maximum absolute atomic E-state index is 13.1. The van der Waals surface area contributed by atoms with E-state index in [0.29, 0.717) is 16.3 Å². The van der Waals surface area contributed by atoms with Crippen LogP contribution < -0.4 is 5.56 Å². The van der Waals surface area contributed by atoms with E-state index in [1.165, 1.54) is 18.3 Å². The van der Waals surface area contributed by atoms with Crippen molar-refractivity contribution in [1.82, 2.24) is 4.57 Å². The summed E-state index contributed by atoms with van der Waals surface area (Å²) in [4.78, 5) is 17.2. The molecule has 0 spiro atoms. The number of hydrogen-bond donors (Lipinski definition) is 1. The third-order valence-corrected chi connectivity index (χ3v) is 4.50. The molecule has 0 saturated heterocycles. The van der Waals surface area contributed by atoms with Gasteiger partial charge in [-0.15, -0.1) is 0 Å². The third-order valence-electron chi connectivity index (χ3n) is 4.50. The van der Waals surface area contributed by atoms with Crippen molar-refractivity contribution < 1.29 is 18.3 Å². The lowest BCUT2D eigenvalue weighted by Crippen LogP contribution is -2.20. The van der Waals surface area contributed by atoms with Crippen LogP contribution in [-0.4, -0.2) is 21.9 Å². The van der Waals surface area contributed by atoms with Crippen LogP contribution in [0.5, 0.6) is 5.88 Å². The maximum Gasteiger partial charge on any atom is 0.416 e. The van der Waals surface area contributed by atoms with Crippen LogP contribution in [0, 0.1) is 0 Å². The Morgan fingerprint density at radius 1 is 1.07 bits per heavy atom. The van der Waals surface area contributed by atoms with Crippen LogP contribution in [0.25, 0.3) is 16.5 Å². The zero-order valence-electron chi connectivity index (χ0n) is 14.1. The fourth-order valence-electron chi connectivity index (χ4n) is 2.95. The van der Waals surface area contributed by atoms with Gasteiger partial charge in [-0.3, -0.25) is 9.79 Å². The molecule has 1 heterocycles. The lowest BCUT2D eigenvalue weighted by atomic mass is 10.1. The van der Waals surface area contributed by atoms with E-state index in [0.717, 1.165) is 29.5 Å². The maximum atomic E-state index is 13.1. The molecule has 0 bridgehead atoms. The van der Waals surface area contributed by atoms with E-state index in [2.05, 4.69) is 4.99 Å². The summed E-state index contributed by atoms with van der Waals surface area (Å²) >= 11 is 0. The van der Waals surface area contributed by atoms with Gasteiger partial charge in [-0.25, -0.2) is 4.57 Å². The van der Waals surface area contributed by atoms with E-state index >= 15 is 0 Å². The first kappa shape index (κ1) is 17.3. The number of rotatable bonds is 3. The smallest absolute Gasteiger partial charge is 0.416 e. The predicted octanol–water partition coefficient (Wildman–Crippen LogP) is 4.30. The van der Waals surface area contributed by atoms with Gasteiger partial charge in [0, 0.05) is 17.0 Å². The molecule has 1 N–H and O–H groups in total. The molecule has 0 atom stereocenters. The van der Waals surface area contributed by atoms with E-state index in [4.69, 9.17) is 0 Å². The predicted molar refractivity (Wildman–Crippen MR) is 96.8 cm³/mol. The van der Waals surface area contributed by atoms with Crippen LogP contribution in [-0.2, 0) is 6.18 Å². The molecular weight excluding hydrogens is 357 g/mol. The Bertz CT molecular complexity index is 1110. The van der Waals surface area contributed by atoms with Gasteiger partial charge in [-0.2, -0.15) is 13.2 Å². The minimum atomic E-state index is -4.55. The fourth-order valence-corrected chi connectivity index (χ4v) is 2.95. The highest BCUT2D eigenvalue weighted by Crippen LogP contribution is 2.32. The monoisotopic (exact) mass is 372 g/mol. The second kappa shape index (κ2) is 6.26. The number of alkyl halides is 3. The Kier molecular flexibility index (Phi) is 4.02. The Morgan fingerprint density at radius 3 is 2.44 bits per heavy atom. The number of fused-ring (bicyclic) bond motifs is 1. The molecule has 27 heavy (non-hydrogen) atoms. The van der Waals surface area contributed by atoms with Crippen molar-refractivity contribution in [3.8, 4) is 11.6 Å². The second-order valence-electron chi connectivity index (χ2n) is 6.48. The lowest BCUT2D eigenvalue weighted by Gasteiger charge is -2.15. The van der Waals surface area contributed by atoms with Gasteiger partial charge in [0.25, 0.3) is 5.56 Å². The molecule has 7 heteroatoms. The average Bonchev–Trinajstić information content (AvgIpc) is 3.46. The quantitative estimate of drug-likeness (QED) is 0.697. The van der Waals surface area contributed by atoms with Crippen molar-refractivity contribution in [2.24, 2.45) is 4.99 Å². The molecule has 4 nitrogen and oxygen atoms in total. The molecule has 1 saturated carbocycles. The molecule has 138 valence electrons. The Hall–Kier alpha value is -3.09. The van der Waals surface area contributed by atoms with Crippen molar-refractivity contribution >= 4 is 17.0 Å². The van der Waals surface area contributed by atoms with E-state index in [1.54, 1.807) is 24.3 Å². The molecule has 3 aromatic rings. The number of nitrogens with zero attached hydrogens (tertiary/aromatic N) is 2. The Balaban J connectivity index is 2.00. The highest BCUT2D eigenvalue weighted by atomic mass is 19.4. The molecule has 1 aromatic heterocycles. The topological polar surface area (TPSA) is 54.6 Å². The number of benzene rings is 2. The van der Waals surface area contributed by atoms with Crippen LogP contribution in [0.1, 0.15) is 24.0 Å². The molecule has 1 fully saturated rings. The number of aromatic nitrogens is 1. The van der Waals surface area contributed by atoms with Gasteiger partial charge in [-0.05, 0) is 37.1 Å². The number of halogens is 3. The highest BCUT2D eigenvalue weighted by Gasteiger charge is 2.31. The van der Waals surface area contributed by atoms with E-state index in [9.17, 15) is 23.1 Å². The molecule has 0 amide bonds. The van der Waals surface area contributed by atoms with Gasteiger partial charge in [0.15, 0.2) is 0 Å². The summed E-state index contributed by atoms with van der Waals surface area (Å²) in [7, 11) is 0. The van der Waals surface area contributed by atoms with Crippen molar-refractivity contribution in [2.75, 3.05) is 0 Å². The van der Waals surface area contributed by atoms with Crippen molar-refractivity contribution in [1.29, 1.82) is 0 Å². The first-order valence-corrected chi connectivity index (χ1v) is 8.44. The lowest BCUT2D eigenvalue weighted by molar-refractivity contribution is -0.137. The summed E-state index contributed by atoms with van der Waals surface area (Å²) in [6.07, 6.45) is -1.13. The van der Waals surface area contributed by atoms with Gasteiger partial charge >= 0.3 is 6.18 Å². The van der Waals surface area contributed by atoms with Crippen LogP contribution in [0.15, 0.2) is 58.3 Å². The number of aromatic hydroxyl groups is 1. The minimum absolute atomic E-state index is 0.0563. The van der Waals surface area contributed by atoms with Crippen LogP contribution in [0.2, 0.25) is 0 Å². The van der Waals surface area contributed by atoms with E-state index in [1.807, 2.05) is 0 Å². The average molecular weight is 372 g/mol.